The lowest BCUT2D eigenvalue weighted by molar-refractivity contribution is -0.173. The number of rotatable bonds is 3. The average molecular weight is 508 g/mol. The maximum Gasteiger partial charge on any atom is 0.159 e. The number of carbonyl (C=O) groups excluding carboxylic acids is 1. The van der Waals surface area contributed by atoms with Crippen molar-refractivity contribution in [2.45, 2.75) is 118 Å². The lowest BCUT2D eigenvalue weighted by Gasteiger charge is -2.70. The van der Waals surface area contributed by atoms with Crippen molar-refractivity contribution < 1.29 is 14.4 Å². The minimum atomic E-state index is -0.0960. The maximum atomic E-state index is 14.5. The van der Waals surface area contributed by atoms with E-state index in [0.717, 1.165) is 44.3 Å². The largest absolute Gasteiger partial charge is 0.396 e. The molecule has 204 valence electrons. The quantitative estimate of drug-likeness (QED) is 0.462. The second-order valence-corrected chi connectivity index (χ2v) is 15.9. The zero-order valence-corrected chi connectivity index (χ0v) is 24.4. The van der Waals surface area contributed by atoms with Crippen LogP contribution >= 0.6 is 0 Å². The molecule has 0 spiro atoms. The Morgan fingerprint density at radius 3 is 2.49 bits per heavy atom. The van der Waals surface area contributed by atoms with E-state index in [2.05, 4.69) is 59.7 Å². The predicted molar refractivity (Wildman–Crippen MR) is 146 cm³/mol. The molecule has 0 unspecified atom stereocenters. The molecule has 37 heavy (non-hydrogen) atoms. The van der Waals surface area contributed by atoms with Gasteiger partial charge in [0.1, 0.15) is 5.76 Å². The first-order valence-electron chi connectivity index (χ1n) is 15.1. The van der Waals surface area contributed by atoms with E-state index in [1.807, 2.05) is 6.20 Å². The van der Waals surface area contributed by atoms with Gasteiger partial charge in [0.2, 0.25) is 0 Å². The van der Waals surface area contributed by atoms with Crippen molar-refractivity contribution in [3.63, 3.8) is 0 Å². The van der Waals surface area contributed by atoms with Gasteiger partial charge in [0.05, 0.1) is 6.20 Å². The number of hydrogen-bond acceptors (Lipinski definition) is 4. The number of nitrogens with zero attached hydrogens (tertiary/aromatic N) is 1. The molecular weight excluding hydrogens is 458 g/mol. The molecule has 0 aromatic carbocycles. The summed E-state index contributed by atoms with van der Waals surface area (Å²) >= 11 is 0. The molecule has 5 aliphatic carbocycles. The van der Waals surface area contributed by atoms with Crippen molar-refractivity contribution in [1.82, 2.24) is 5.16 Å². The lowest BCUT2D eigenvalue weighted by Crippen LogP contribution is -2.65. The summed E-state index contributed by atoms with van der Waals surface area (Å²) in [5.74, 6) is 2.41. The van der Waals surface area contributed by atoms with Gasteiger partial charge in [0.15, 0.2) is 5.78 Å². The van der Waals surface area contributed by atoms with Gasteiger partial charge in [-0.1, -0.05) is 59.2 Å². The number of aromatic nitrogens is 1. The average Bonchev–Trinajstić information content (AvgIpc) is 3.28. The number of aliphatic hydroxyl groups excluding tert-OH is 1. The zero-order valence-electron chi connectivity index (χ0n) is 24.4. The Balaban J connectivity index is 1.48. The predicted octanol–water partition coefficient (Wildman–Crippen LogP) is 7.44. The highest BCUT2D eigenvalue weighted by atomic mass is 16.5. The molecule has 4 heteroatoms. The molecule has 0 amide bonds. The van der Waals surface area contributed by atoms with E-state index >= 15 is 0 Å². The van der Waals surface area contributed by atoms with Crippen LogP contribution < -0.4 is 0 Å². The van der Waals surface area contributed by atoms with Crippen LogP contribution in [0.1, 0.15) is 118 Å². The molecule has 6 rings (SSSR count). The Morgan fingerprint density at radius 1 is 1.03 bits per heavy atom. The number of fused-ring (bicyclic) bond motifs is 8. The fraction of sp³-hybridized carbons (Fsp3) is 0.818. The highest BCUT2D eigenvalue weighted by Gasteiger charge is 2.69. The molecule has 7 atom stereocenters. The van der Waals surface area contributed by atoms with Crippen LogP contribution in [0.5, 0.6) is 0 Å². The highest BCUT2D eigenvalue weighted by molar-refractivity contribution is 5.95. The van der Waals surface area contributed by atoms with Gasteiger partial charge in [-0.05, 0) is 109 Å². The number of allylic oxidation sites excluding steroid dienone is 2. The van der Waals surface area contributed by atoms with E-state index in [-0.39, 0.29) is 45.0 Å². The van der Waals surface area contributed by atoms with E-state index in [1.54, 1.807) is 0 Å². The first-order chi connectivity index (χ1) is 17.2. The van der Waals surface area contributed by atoms with E-state index in [9.17, 15) is 9.90 Å². The molecule has 1 aromatic heterocycles. The van der Waals surface area contributed by atoms with E-state index in [1.165, 1.54) is 36.8 Å². The van der Waals surface area contributed by atoms with Gasteiger partial charge in [0, 0.05) is 23.5 Å². The molecule has 1 heterocycles. The standard InChI is InChI=1S/C33H49NO3/c1-28(2)12-14-33(10-8-16-35)15-13-32(7)26(22(33)19-28)23(36)17-25-30(5)18-21-20-34-37-27(21)29(3,4)24(30)9-11-31(25,32)6/h17,20,22,24,26,35H,8-16,18-19H2,1-7H3/t22-,24-,26-,30-,31+,32+,33+/m0/s1. The van der Waals surface area contributed by atoms with Crippen LogP contribution in [0.2, 0.25) is 0 Å². The van der Waals surface area contributed by atoms with Gasteiger partial charge in [-0.3, -0.25) is 4.79 Å². The Hall–Kier alpha value is -1.42. The third-order valence-corrected chi connectivity index (χ3v) is 13.3. The van der Waals surface area contributed by atoms with Crippen LogP contribution in [0, 0.1) is 44.8 Å². The Morgan fingerprint density at radius 2 is 1.76 bits per heavy atom. The summed E-state index contributed by atoms with van der Waals surface area (Å²) < 4.78 is 5.82. The molecular formula is C33H49NO3. The van der Waals surface area contributed by atoms with Crippen LogP contribution in [-0.4, -0.2) is 22.7 Å². The molecule has 4 nitrogen and oxygen atoms in total. The molecule has 0 saturated heterocycles. The number of ketones is 1. The molecule has 5 aliphatic rings. The highest BCUT2D eigenvalue weighted by Crippen LogP contribution is 2.75. The van der Waals surface area contributed by atoms with E-state index in [4.69, 9.17) is 4.52 Å². The number of hydrogen-bond donors (Lipinski definition) is 1. The van der Waals surface area contributed by atoms with Crippen LogP contribution in [0.15, 0.2) is 22.4 Å². The fourth-order valence-corrected chi connectivity index (χ4v) is 11.3. The lowest BCUT2D eigenvalue weighted by atomic mass is 9.33. The molecule has 0 bridgehead atoms. The van der Waals surface area contributed by atoms with Gasteiger partial charge in [-0.25, -0.2) is 0 Å². The second kappa shape index (κ2) is 7.83. The summed E-state index contributed by atoms with van der Waals surface area (Å²) in [6, 6.07) is 0. The number of carbonyl (C=O) groups is 1. The summed E-state index contributed by atoms with van der Waals surface area (Å²) in [7, 11) is 0. The van der Waals surface area contributed by atoms with E-state index in [0.29, 0.717) is 17.6 Å². The molecule has 1 N–H and O–H groups in total. The Kier molecular flexibility index (Phi) is 5.47. The van der Waals surface area contributed by atoms with Crippen LogP contribution in [0.3, 0.4) is 0 Å². The molecule has 3 fully saturated rings. The minimum Gasteiger partial charge on any atom is -0.396 e. The van der Waals surface area contributed by atoms with Crippen molar-refractivity contribution in [2.75, 3.05) is 6.61 Å². The van der Waals surface area contributed by atoms with Gasteiger partial charge >= 0.3 is 0 Å². The Labute approximate surface area is 224 Å². The Bertz CT molecular complexity index is 1140. The first kappa shape index (κ1) is 25.8. The summed E-state index contributed by atoms with van der Waals surface area (Å²) in [6.45, 7) is 17.2. The summed E-state index contributed by atoms with van der Waals surface area (Å²) in [5, 5.41) is 14.0. The third-order valence-electron chi connectivity index (χ3n) is 13.3. The van der Waals surface area contributed by atoms with Crippen molar-refractivity contribution >= 4 is 5.78 Å². The van der Waals surface area contributed by atoms with Crippen molar-refractivity contribution in [3.05, 3.63) is 29.2 Å². The topological polar surface area (TPSA) is 63.3 Å². The van der Waals surface area contributed by atoms with E-state index < -0.39 is 0 Å². The second-order valence-electron chi connectivity index (χ2n) is 15.9. The maximum absolute atomic E-state index is 14.5. The van der Waals surface area contributed by atoms with Crippen LogP contribution in [-0.2, 0) is 16.6 Å². The van der Waals surface area contributed by atoms with Crippen LogP contribution in [0.25, 0.3) is 0 Å². The molecule has 0 aliphatic heterocycles. The minimum absolute atomic E-state index is 0.0201. The van der Waals surface area contributed by atoms with Gasteiger partial charge < -0.3 is 9.63 Å². The molecule has 0 radical (unpaired) electrons. The van der Waals surface area contributed by atoms with Gasteiger partial charge in [0.25, 0.3) is 0 Å². The van der Waals surface area contributed by atoms with Crippen molar-refractivity contribution in [1.29, 1.82) is 0 Å². The van der Waals surface area contributed by atoms with Crippen molar-refractivity contribution in [2.24, 2.45) is 44.8 Å². The first-order valence-corrected chi connectivity index (χ1v) is 15.1. The van der Waals surface area contributed by atoms with Gasteiger partial charge in [-0.15, -0.1) is 0 Å². The zero-order chi connectivity index (χ0) is 26.6. The van der Waals surface area contributed by atoms with Crippen molar-refractivity contribution in [3.8, 4) is 0 Å². The van der Waals surface area contributed by atoms with Gasteiger partial charge in [-0.2, -0.15) is 0 Å². The third kappa shape index (κ3) is 3.23. The SMILES string of the molecule is CC1(C)CC[C@]2(CCCO)CC[C@]3(C)[C@H](C(=O)C=C4[C@@]5(C)Cc6cnoc6C(C)(C)[C@@H]5CC[C@]43C)[C@@H]2C1. The molecule has 3 saturated carbocycles. The fourth-order valence-electron chi connectivity index (χ4n) is 11.3. The molecule has 1 aromatic rings. The normalized spacial score (nSPS) is 45.6. The summed E-state index contributed by atoms with van der Waals surface area (Å²) in [6.07, 6.45) is 15.2. The number of aliphatic hydroxyl groups is 1. The monoisotopic (exact) mass is 507 g/mol. The summed E-state index contributed by atoms with van der Waals surface area (Å²) in [5.41, 5.74) is 2.99. The smallest absolute Gasteiger partial charge is 0.159 e. The van der Waals surface area contributed by atoms with Crippen LogP contribution in [0.4, 0.5) is 0 Å². The summed E-state index contributed by atoms with van der Waals surface area (Å²) in [4.78, 5) is 14.5.